The largest absolute Gasteiger partial charge is 0.352 e. The van der Waals surface area contributed by atoms with Crippen molar-refractivity contribution in [3.05, 3.63) is 39.4 Å². The lowest BCUT2D eigenvalue weighted by atomic mass is 10.2. The molecule has 0 saturated heterocycles. The van der Waals surface area contributed by atoms with E-state index in [-0.39, 0.29) is 12.0 Å². The molecule has 0 N–H and O–H groups in total. The highest BCUT2D eigenvalue weighted by molar-refractivity contribution is 7.10. The third-order valence-corrected chi connectivity index (χ3v) is 4.35. The van der Waals surface area contributed by atoms with Gasteiger partial charge in [0.2, 0.25) is 0 Å². The van der Waals surface area contributed by atoms with Crippen molar-refractivity contribution in [2.45, 2.75) is 32.7 Å². The number of halogens is 1. The second-order valence-corrected chi connectivity index (χ2v) is 6.23. The maximum absolute atomic E-state index is 6.09. The molecule has 3 nitrogen and oxygen atoms in total. The number of nitrogens with zero attached hydrogens (tertiary/aromatic N) is 3. The number of thiophene rings is 1. The lowest BCUT2D eigenvalue weighted by Gasteiger charge is -2.25. The van der Waals surface area contributed by atoms with E-state index in [1.807, 2.05) is 13.1 Å². The fraction of sp³-hybridized carbons (Fsp3) is 0.429. The Hall–Kier alpha value is -1.13. The Balaban J connectivity index is 2.30. The minimum atomic E-state index is 0.267. The Labute approximate surface area is 123 Å². The summed E-state index contributed by atoms with van der Waals surface area (Å²) in [5, 5.41) is 2.59. The molecule has 0 amide bonds. The minimum Gasteiger partial charge on any atom is -0.352 e. The lowest BCUT2D eigenvalue weighted by Crippen LogP contribution is -2.22. The Kier molecular flexibility index (Phi) is 4.42. The van der Waals surface area contributed by atoms with Gasteiger partial charge in [-0.2, -0.15) is 0 Å². The van der Waals surface area contributed by atoms with Crippen molar-refractivity contribution in [2.24, 2.45) is 0 Å². The summed E-state index contributed by atoms with van der Waals surface area (Å²) in [4.78, 5) is 12.3. The van der Waals surface area contributed by atoms with Crippen LogP contribution in [0.1, 0.15) is 43.4 Å². The van der Waals surface area contributed by atoms with Crippen molar-refractivity contribution in [2.75, 3.05) is 11.9 Å². The second kappa shape index (κ2) is 5.88. The van der Waals surface area contributed by atoms with E-state index < -0.39 is 0 Å². The van der Waals surface area contributed by atoms with Crippen LogP contribution in [0.2, 0.25) is 5.15 Å². The highest BCUT2D eigenvalue weighted by atomic mass is 35.5. The van der Waals surface area contributed by atoms with Gasteiger partial charge in [-0.3, -0.25) is 0 Å². The molecule has 5 heteroatoms. The summed E-state index contributed by atoms with van der Waals surface area (Å²) >= 11 is 7.84. The van der Waals surface area contributed by atoms with Crippen LogP contribution in [0.3, 0.4) is 0 Å². The third-order valence-electron chi connectivity index (χ3n) is 3.11. The minimum absolute atomic E-state index is 0.267. The molecule has 0 bridgehead atoms. The van der Waals surface area contributed by atoms with Crippen LogP contribution < -0.4 is 4.90 Å². The van der Waals surface area contributed by atoms with Crippen LogP contribution >= 0.6 is 22.9 Å². The first-order chi connectivity index (χ1) is 8.99. The van der Waals surface area contributed by atoms with Crippen LogP contribution in [-0.4, -0.2) is 17.0 Å². The molecule has 0 aromatic carbocycles. The van der Waals surface area contributed by atoms with Crippen LogP contribution in [-0.2, 0) is 0 Å². The zero-order valence-electron chi connectivity index (χ0n) is 11.6. The highest BCUT2D eigenvalue weighted by Crippen LogP contribution is 2.28. The smallest absolute Gasteiger partial charge is 0.135 e. The van der Waals surface area contributed by atoms with Crippen molar-refractivity contribution >= 4 is 28.8 Å². The van der Waals surface area contributed by atoms with E-state index in [1.165, 1.54) is 4.88 Å². The van der Waals surface area contributed by atoms with Gasteiger partial charge in [-0.25, -0.2) is 9.97 Å². The van der Waals surface area contributed by atoms with E-state index in [0.29, 0.717) is 5.15 Å². The molecule has 0 radical (unpaired) electrons. The van der Waals surface area contributed by atoms with Crippen LogP contribution in [0.5, 0.6) is 0 Å². The standard InChI is InChI=1S/C14H18ClN3S/c1-9(2)14-16-12(15)8-13(17-14)18(4)10(3)11-6-5-7-19-11/h5-10H,1-4H3. The van der Waals surface area contributed by atoms with E-state index >= 15 is 0 Å². The molecule has 0 aliphatic heterocycles. The molecule has 19 heavy (non-hydrogen) atoms. The predicted molar refractivity (Wildman–Crippen MR) is 82.3 cm³/mol. The average Bonchev–Trinajstić information content (AvgIpc) is 2.90. The van der Waals surface area contributed by atoms with E-state index in [1.54, 1.807) is 11.3 Å². The van der Waals surface area contributed by atoms with Gasteiger partial charge in [0.05, 0.1) is 6.04 Å². The molecule has 0 spiro atoms. The first kappa shape index (κ1) is 14.3. The van der Waals surface area contributed by atoms with Crippen molar-refractivity contribution in [3.63, 3.8) is 0 Å². The second-order valence-electron chi connectivity index (χ2n) is 4.86. The molecule has 0 aliphatic rings. The van der Waals surface area contributed by atoms with E-state index in [0.717, 1.165) is 11.6 Å². The first-order valence-electron chi connectivity index (χ1n) is 6.29. The molecule has 0 saturated carbocycles. The van der Waals surface area contributed by atoms with Crippen molar-refractivity contribution in [1.82, 2.24) is 9.97 Å². The van der Waals surface area contributed by atoms with Gasteiger partial charge >= 0.3 is 0 Å². The van der Waals surface area contributed by atoms with E-state index in [2.05, 4.69) is 53.2 Å². The van der Waals surface area contributed by atoms with E-state index in [9.17, 15) is 0 Å². The van der Waals surface area contributed by atoms with E-state index in [4.69, 9.17) is 11.6 Å². The number of anilines is 1. The summed E-state index contributed by atoms with van der Waals surface area (Å²) in [6, 6.07) is 6.29. The Morgan fingerprint density at radius 2 is 2.00 bits per heavy atom. The summed E-state index contributed by atoms with van der Waals surface area (Å²) in [6.07, 6.45) is 0. The summed E-state index contributed by atoms with van der Waals surface area (Å²) in [5.74, 6) is 1.92. The van der Waals surface area contributed by atoms with Crippen LogP contribution in [0, 0.1) is 0 Å². The molecular weight excluding hydrogens is 278 g/mol. The zero-order chi connectivity index (χ0) is 14.0. The molecule has 2 rings (SSSR count). The van der Waals surface area contributed by atoms with Gasteiger partial charge < -0.3 is 4.90 Å². The average molecular weight is 296 g/mol. The molecule has 1 atom stereocenters. The molecule has 2 aromatic heterocycles. The monoisotopic (exact) mass is 295 g/mol. The number of hydrogen-bond acceptors (Lipinski definition) is 4. The fourth-order valence-corrected chi connectivity index (χ4v) is 2.79. The van der Waals surface area contributed by atoms with Crippen LogP contribution in [0.4, 0.5) is 5.82 Å². The number of hydrogen-bond donors (Lipinski definition) is 0. The normalized spacial score (nSPS) is 12.7. The topological polar surface area (TPSA) is 29.0 Å². The Morgan fingerprint density at radius 3 is 2.58 bits per heavy atom. The molecule has 0 fully saturated rings. The maximum atomic E-state index is 6.09. The van der Waals surface area contributed by atoms with Gasteiger partial charge in [0.25, 0.3) is 0 Å². The number of rotatable bonds is 4. The molecular formula is C14H18ClN3S. The highest BCUT2D eigenvalue weighted by Gasteiger charge is 2.16. The van der Waals surface area contributed by atoms with Gasteiger partial charge in [-0.1, -0.05) is 31.5 Å². The van der Waals surface area contributed by atoms with Crippen molar-refractivity contribution in [1.29, 1.82) is 0 Å². The van der Waals surface area contributed by atoms with Gasteiger partial charge in [0.15, 0.2) is 0 Å². The Morgan fingerprint density at radius 1 is 1.26 bits per heavy atom. The number of aromatic nitrogens is 2. The Bertz CT molecular complexity index is 540. The maximum Gasteiger partial charge on any atom is 0.135 e. The van der Waals surface area contributed by atoms with Gasteiger partial charge in [0.1, 0.15) is 16.8 Å². The van der Waals surface area contributed by atoms with Gasteiger partial charge in [0, 0.05) is 23.9 Å². The summed E-state index contributed by atoms with van der Waals surface area (Å²) < 4.78 is 0. The zero-order valence-corrected chi connectivity index (χ0v) is 13.2. The molecule has 2 heterocycles. The van der Waals surface area contributed by atoms with Crippen LogP contribution in [0.15, 0.2) is 23.6 Å². The SMILES string of the molecule is CC(C)c1nc(Cl)cc(N(C)C(C)c2cccs2)n1. The summed E-state index contributed by atoms with van der Waals surface area (Å²) in [7, 11) is 2.03. The quantitative estimate of drug-likeness (QED) is 0.777. The third kappa shape index (κ3) is 3.25. The van der Waals surface area contributed by atoms with Gasteiger partial charge in [-0.05, 0) is 18.4 Å². The summed E-state index contributed by atoms with van der Waals surface area (Å²) in [5.41, 5.74) is 0. The lowest BCUT2D eigenvalue weighted by molar-refractivity contribution is 0.717. The summed E-state index contributed by atoms with van der Waals surface area (Å²) in [6.45, 7) is 6.30. The molecule has 0 aliphatic carbocycles. The van der Waals surface area contributed by atoms with Crippen molar-refractivity contribution in [3.8, 4) is 0 Å². The molecule has 102 valence electrons. The van der Waals surface area contributed by atoms with Crippen LogP contribution in [0.25, 0.3) is 0 Å². The fourth-order valence-electron chi connectivity index (χ4n) is 1.78. The predicted octanol–water partition coefficient (Wildman–Crippen LogP) is 4.51. The van der Waals surface area contributed by atoms with Gasteiger partial charge in [-0.15, -0.1) is 11.3 Å². The molecule has 2 aromatic rings. The molecule has 1 unspecified atom stereocenters. The first-order valence-corrected chi connectivity index (χ1v) is 7.55. The van der Waals surface area contributed by atoms with Crippen molar-refractivity contribution < 1.29 is 0 Å².